The number of ketones is 1. The van der Waals surface area contributed by atoms with Crippen LogP contribution >= 0.6 is 11.3 Å². The van der Waals surface area contributed by atoms with Gasteiger partial charge >= 0.3 is 5.66 Å². The Balaban J connectivity index is 2.09. The van der Waals surface area contributed by atoms with E-state index in [1.54, 1.807) is 19.1 Å². The maximum atomic E-state index is 12.9. The van der Waals surface area contributed by atoms with Crippen LogP contribution < -0.4 is 0 Å². The molecule has 120 valence electrons. The van der Waals surface area contributed by atoms with Crippen LogP contribution in [0.15, 0.2) is 41.8 Å². The van der Waals surface area contributed by atoms with Gasteiger partial charge in [-0.3, -0.25) is 4.79 Å². The highest BCUT2D eigenvalue weighted by Crippen LogP contribution is 2.32. The van der Waals surface area contributed by atoms with Gasteiger partial charge in [-0.2, -0.15) is 4.74 Å². The Bertz CT molecular complexity index is 768. The minimum Gasteiger partial charge on any atom is -0.622 e. The number of Topliss-reactive ketones (excluding diaryl/α,β-unsaturated/α-hetero) is 1. The zero-order valence-corrected chi connectivity index (χ0v) is 14.0. The number of hydroxylamine groups is 3. The zero-order valence-electron chi connectivity index (χ0n) is 13.2. The Labute approximate surface area is 138 Å². The fourth-order valence-corrected chi connectivity index (χ4v) is 3.73. The maximum absolute atomic E-state index is 12.9. The van der Waals surface area contributed by atoms with Crippen LogP contribution in [-0.2, 0) is 0 Å². The SMILES string of the molecule is Cc1ccc(C(=O)[C@@]2(C)N(O)[C@@H](C)C(c3cccs3)=[N+]2[O-])cc1. The van der Waals surface area contributed by atoms with Gasteiger partial charge in [0.25, 0.3) is 5.78 Å². The zero-order chi connectivity index (χ0) is 16.8. The molecule has 0 spiro atoms. The number of nitrogens with zero attached hydrogens (tertiary/aromatic N) is 2. The van der Waals surface area contributed by atoms with Gasteiger partial charge in [0.1, 0.15) is 6.04 Å². The van der Waals surface area contributed by atoms with Crippen LogP contribution in [0.5, 0.6) is 0 Å². The van der Waals surface area contributed by atoms with Gasteiger partial charge < -0.3 is 10.4 Å². The van der Waals surface area contributed by atoms with E-state index in [9.17, 15) is 15.2 Å². The molecule has 2 atom stereocenters. The lowest BCUT2D eigenvalue weighted by Crippen LogP contribution is -2.54. The normalized spacial score (nSPS) is 25.1. The van der Waals surface area contributed by atoms with Gasteiger partial charge in [-0.15, -0.1) is 16.4 Å². The van der Waals surface area contributed by atoms with Crippen LogP contribution in [0.2, 0.25) is 0 Å². The van der Waals surface area contributed by atoms with Crippen molar-refractivity contribution in [3.8, 4) is 0 Å². The van der Waals surface area contributed by atoms with Crippen LogP contribution in [0.1, 0.15) is 34.6 Å². The van der Waals surface area contributed by atoms with Crippen molar-refractivity contribution in [2.45, 2.75) is 32.5 Å². The molecule has 0 radical (unpaired) electrons. The maximum Gasteiger partial charge on any atom is 0.312 e. The van der Waals surface area contributed by atoms with Gasteiger partial charge in [-0.1, -0.05) is 35.9 Å². The first-order valence-electron chi connectivity index (χ1n) is 7.35. The van der Waals surface area contributed by atoms with Gasteiger partial charge in [-0.05, 0) is 25.3 Å². The van der Waals surface area contributed by atoms with Crippen molar-refractivity contribution in [3.05, 3.63) is 63.0 Å². The van der Waals surface area contributed by atoms with E-state index < -0.39 is 17.5 Å². The summed E-state index contributed by atoms with van der Waals surface area (Å²) >= 11 is 1.41. The molecule has 0 saturated carbocycles. The Kier molecular flexibility index (Phi) is 3.83. The molecule has 2 heterocycles. The van der Waals surface area contributed by atoms with Crippen molar-refractivity contribution in [1.29, 1.82) is 0 Å². The highest BCUT2D eigenvalue weighted by Gasteiger charge is 2.58. The van der Waals surface area contributed by atoms with Crippen molar-refractivity contribution in [1.82, 2.24) is 5.06 Å². The topological polar surface area (TPSA) is 66.6 Å². The van der Waals surface area contributed by atoms with Gasteiger partial charge in [0.15, 0.2) is 0 Å². The fraction of sp³-hybridized carbons (Fsp3) is 0.294. The minimum absolute atomic E-state index is 0.401. The van der Waals surface area contributed by atoms with E-state index >= 15 is 0 Å². The predicted molar refractivity (Wildman–Crippen MR) is 89.1 cm³/mol. The Morgan fingerprint density at radius 2 is 2.00 bits per heavy atom. The summed E-state index contributed by atoms with van der Waals surface area (Å²) in [4.78, 5) is 13.7. The van der Waals surface area contributed by atoms with Crippen LogP contribution in [-0.4, -0.2) is 38.2 Å². The van der Waals surface area contributed by atoms with Gasteiger partial charge in [0.05, 0.1) is 4.88 Å². The molecule has 0 fully saturated rings. The molecule has 6 heteroatoms. The van der Waals surface area contributed by atoms with Crippen molar-refractivity contribution in [2.24, 2.45) is 0 Å². The molecule has 0 saturated heterocycles. The summed E-state index contributed by atoms with van der Waals surface area (Å²) in [6.07, 6.45) is 0. The molecule has 0 amide bonds. The third kappa shape index (κ3) is 2.30. The van der Waals surface area contributed by atoms with E-state index in [4.69, 9.17) is 0 Å². The van der Waals surface area contributed by atoms with Gasteiger partial charge in [0, 0.05) is 12.5 Å². The van der Waals surface area contributed by atoms with Crippen molar-refractivity contribution >= 4 is 22.8 Å². The highest BCUT2D eigenvalue weighted by atomic mass is 32.1. The lowest BCUT2D eigenvalue weighted by atomic mass is 9.99. The molecule has 2 aromatic rings. The number of carbonyl (C=O) groups is 1. The molecule has 0 aliphatic carbocycles. The monoisotopic (exact) mass is 330 g/mol. The van der Waals surface area contributed by atoms with Crippen molar-refractivity contribution < 1.29 is 14.7 Å². The molecule has 5 nitrogen and oxygen atoms in total. The predicted octanol–water partition coefficient (Wildman–Crippen LogP) is 3.05. The quantitative estimate of drug-likeness (QED) is 0.534. The summed E-state index contributed by atoms with van der Waals surface area (Å²) in [7, 11) is 0. The summed E-state index contributed by atoms with van der Waals surface area (Å²) in [5, 5.41) is 26.1. The van der Waals surface area contributed by atoms with E-state index in [0.717, 1.165) is 15.5 Å². The third-order valence-corrected chi connectivity index (χ3v) is 5.23. The molecule has 0 unspecified atom stereocenters. The molecule has 1 aromatic heterocycles. The average molecular weight is 330 g/mol. The average Bonchev–Trinajstić information content (AvgIpc) is 3.12. The molecule has 1 aliphatic rings. The molecule has 1 aliphatic heterocycles. The third-order valence-electron chi connectivity index (χ3n) is 4.34. The fourth-order valence-electron chi connectivity index (χ4n) is 2.90. The summed E-state index contributed by atoms with van der Waals surface area (Å²) in [6, 6.07) is 10.1. The molecule has 0 bridgehead atoms. The van der Waals surface area contributed by atoms with Crippen molar-refractivity contribution in [3.63, 3.8) is 0 Å². The van der Waals surface area contributed by atoms with Crippen molar-refractivity contribution in [2.75, 3.05) is 0 Å². The molecular formula is C17H18N2O3S. The van der Waals surface area contributed by atoms with Crippen LogP contribution in [0.3, 0.4) is 0 Å². The number of carbonyl (C=O) groups excluding carboxylic acids is 1. The number of thiophene rings is 1. The number of aryl methyl sites for hydroxylation is 1. The van der Waals surface area contributed by atoms with E-state index in [-0.39, 0.29) is 0 Å². The second-order valence-electron chi connectivity index (χ2n) is 5.89. The number of hydrogen-bond acceptors (Lipinski definition) is 5. The summed E-state index contributed by atoms with van der Waals surface area (Å²) in [6.45, 7) is 5.10. The van der Waals surface area contributed by atoms with Crippen LogP contribution in [0.25, 0.3) is 0 Å². The van der Waals surface area contributed by atoms with Gasteiger partial charge in [0.2, 0.25) is 5.71 Å². The Hall–Kier alpha value is -2.02. The standard InChI is InChI=1S/C17H18N2O3S/c1-11-6-8-13(9-7-11)16(20)17(3)18(21)12(2)15(19(17)22)14-5-4-10-23-14/h4-10,12,21H,1-3H3/t12-,17-/m0/s1. The summed E-state index contributed by atoms with van der Waals surface area (Å²) in [5.74, 6) is -0.423. The number of benzene rings is 1. The molecular weight excluding hydrogens is 312 g/mol. The largest absolute Gasteiger partial charge is 0.622 e. The first-order chi connectivity index (χ1) is 10.9. The Morgan fingerprint density at radius 1 is 1.35 bits per heavy atom. The number of hydrogen-bond donors (Lipinski definition) is 1. The lowest BCUT2D eigenvalue weighted by molar-refractivity contribution is -0.561. The first kappa shape index (κ1) is 15.9. The van der Waals surface area contributed by atoms with Crippen LogP contribution in [0, 0.1) is 12.1 Å². The van der Waals surface area contributed by atoms with E-state index in [1.807, 2.05) is 36.6 Å². The Morgan fingerprint density at radius 3 is 2.57 bits per heavy atom. The van der Waals surface area contributed by atoms with E-state index in [1.165, 1.54) is 18.3 Å². The summed E-state index contributed by atoms with van der Waals surface area (Å²) in [5.41, 5.74) is 0.161. The minimum atomic E-state index is -1.67. The first-order valence-corrected chi connectivity index (χ1v) is 8.23. The number of rotatable bonds is 3. The highest BCUT2D eigenvalue weighted by molar-refractivity contribution is 7.12. The van der Waals surface area contributed by atoms with E-state index in [2.05, 4.69) is 0 Å². The smallest absolute Gasteiger partial charge is 0.312 e. The van der Waals surface area contributed by atoms with Crippen LogP contribution in [0.4, 0.5) is 0 Å². The van der Waals surface area contributed by atoms with Gasteiger partial charge in [-0.25, -0.2) is 0 Å². The summed E-state index contributed by atoms with van der Waals surface area (Å²) < 4.78 is 0.645. The second-order valence-corrected chi connectivity index (χ2v) is 6.84. The molecule has 1 aromatic carbocycles. The molecule has 1 N–H and O–H groups in total. The lowest BCUT2D eigenvalue weighted by Gasteiger charge is -2.27. The second kappa shape index (κ2) is 5.56. The molecule has 3 rings (SSSR count). The van der Waals surface area contributed by atoms with E-state index in [0.29, 0.717) is 16.0 Å². The molecule has 23 heavy (non-hydrogen) atoms.